The summed E-state index contributed by atoms with van der Waals surface area (Å²) in [5, 5.41) is 15.7. The van der Waals surface area contributed by atoms with Crippen LogP contribution in [0, 0.1) is 0 Å². The van der Waals surface area contributed by atoms with Gasteiger partial charge in [-0.25, -0.2) is 4.98 Å². The van der Waals surface area contributed by atoms with Crippen molar-refractivity contribution in [3.05, 3.63) is 10.6 Å². The second-order valence-corrected chi connectivity index (χ2v) is 5.69. The number of anilines is 1. The first-order valence-corrected chi connectivity index (χ1v) is 6.71. The molecular formula is C11H13N3O3S. The number of carboxylic acid groups (broad SMARTS) is 1. The Bertz CT molecular complexity index is 514. The van der Waals surface area contributed by atoms with E-state index >= 15 is 0 Å². The van der Waals surface area contributed by atoms with Gasteiger partial charge in [0.05, 0.1) is 11.7 Å². The summed E-state index contributed by atoms with van der Waals surface area (Å²) >= 11 is 1.51. The molecule has 0 bridgehead atoms. The fraction of sp³-hybridized carbons (Fsp3) is 0.545. The van der Waals surface area contributed by atoms with E-state index in [1.54, 1.807) is 0 Å². The summed E-state index contributed by atoms with van der Waals surface area (Å²) in [5.41, 5.74) is 0.701. The Morgan fingerprint density at radius 1 is 1.56 bits per heavy atom. The van der Waals surface area contributed by atoms with Gasteiger partial charge in [0.25, 0.3) is 0 Å². The molecule has 1 saturated heterocycles. The molecular weight excluding hydrogens is 254 g/mol. The molecule has 96 valence electrons. The van der Waals surface area contributed by atoms with Gasteiger partial charge in [0.2, 0.25) is 5.91 Å². The van der Waals surface area contributed by atoms with Gasteiger partial charge in [0.1, 0.15) is 5.92 Å². The molecule has 2 aliphatic rings. The van der Waals surface area contributed by atoms with E-state index < -0.39 is 11.9 Å². The van der Waals surface area contributed by atoms with Gasteiger partial charge in [-0.3, -0.25) is 9.59 Å². The maximum Gasteiger partial charge on any atom is 0.312 e. The molecule has 0 radical (unpaired) electrons. The Kier molecular flexibility index (Phi) is 2.70. The number of thiazole rings is 1. The molecule has 1 aliphatic heterocycles. The number of rotatable bonds is 3. The number of fused-ring (bicyclic) bond motifs is 1. The maximum atomic E-state index is 11.1. The average molecular weight is 267 g/mol. The van der Waals surface area contributed by atoms with Crippen molar-refractivity contribution in [2.75, 3.05) is 11.9 Å². The summed E-state index contributed by atoms with van der Waals surface area (Å²) in [6.07, 6.45) is 1.88. The van der Waals surface area contributed by atoms with Crippen LogP contribution >= 0.6 is 11.3 Å². The Balaban J connectivity index is 1.74. The van der Waals surface area contributed by atoms with E-state index in [9.17, 15) is 9.59 Å². The van der Waals surface area contributed by atoms with E-state index in [0.29, 0.717) is 25.1 Å². The van der Waals surface area contributed by atoms with Crippen LogP contribution in [0.25, 0.3) is 0 Å². The first-order chi connectivity index (χ1) is 8.63. The third kappa shape index (κ3) is 1.94. The molecule has 2 heterocycles. The number of aromatic nitrogens is 1. The van der Waals surface area contributed by atoms with Gasteiger partial charge < -0.3 is 15.7 Å². The summed E-state index contributed by atoms with van der Waals surface area (Å²) in [6, 6.07) is 0.0621. The third-order valence-corrected chi connectivity index (χ3v) is 4.38. The highest BCUT2D eigenvalue weighted by Crippen LogP contribution is 2.38. The standard InChI is InChI=1S/C11H13N3O3S/c15-8-3-5(4-12-8)13-11-14-9-6(10(16)17)1-2-7(9)18-11/h5-6H,1-4H2,(H,12,15)(H,13,14)(H,16,17). The van der Waals surface area contributed by atoms with Crippen molar-refractivity contribution in [2.24, 2.45) is 0 Å². The Morgan fingerprint density at radius 3 is 3.06 bits per heavy atom. The minimum absolute atomic E-state index is 0.0417. The number of hydrogen-bond acceptors (Lipinski definition) is 5. The number of carboxylic acids is 1. The number of carbonyl (C=O) groups excluding carboxylic acids is 1. The lowest BCUT2D eigenvalue weighted by Crippen LogP contribution is -2.22. The molecule has 18 heavy (non-hydrogen) atoms. The van der Waals surface area contributed by atoms with Gasteiger partial charge in [-0.15, -0.1) is 11.3 Å². The van der Waals surface area contributed by atoms with E-state index in [-0.39, 0.29) is 11.9 Å². The highest BCUT2D eigenvalue weighted by Gasteiger charge is 2.33. The molecule has 6 nitrogen and oxygen atoms in total. The SMILES string of the molecule is O=C1CC(Nc2nc3c(s2)CCC3C(=O)O)CN1. The normalized spacial score (nSPS) is 25.9. The van der Waals surface area contributed by atoms with Crippen LogP contribution < -0.4 is 10.6 Å². The Morgan fingerprint density at radius 2 is 2.39 bits per heavy atom. The minimum Gasteiger partial charge on any atom is -0.481 e. The largest absolute Gasteiger partial charge is 0.481 e. The number of aryl methyl sites for hydroxylation is 1. The molecule has 1 aromatic rings. The summed E-state index contributed by atoms with van der Waals surface area (Å²) in [6.45, 7) is 0.603. The fourth-order valence-electron chi connectivity index (χ4n) is 2.41. The van der Waals surface area contributed by atoms with Crippen LogP contribution in [0.4, 0.5) is 5.13 Å². The number of amides is 1. The molecule has 2 unspecified atom stereocenters. The van der Waals surface area contributed by atoms with Gasteiger partial charge in [-0.1, -0.05) is 0 Å². The molecule has 0 saturated carbocycles. The van der Waals surface area contributed by atoms with Crippen LogP contribution in [0.5, 0.6) is 0 Å². The predicted octanol–water partition coefficient (Wildman–Crippen LogP) is 0.558. The first kappa shape index (κ1) is 11.5. The van der Waals surface area contributed by atoms with Crippen LogP contribution in [-0.4, -0.2) is 34.6 Å². The molecule has 2 atom stereocenters. The number of hydrogen-bond donors (Lipinski definition) is 3. The third-order valence-electron chi connectivity index (χ3n) is 3.32. The lowest BCUT2D eigenvalue weighted by molar-refractivity contribution is -0.138. The number of nitrogens with zero attached hydrogens (tertiary/aromatic N) is 1. The summed E-state index contributed by atoms with van der Waals surface area (Å²) < 4.78 is 0. The topological polar surface area (TPSA) is 91.3 Å². The number of nitrogens with one attached hydrogen (secondary N) is 2. The van der Waals surface area contributed by atoms with Gasteiger partial charge in [0.15, 0.2) is 5.13 Å². The van der Waals surface area contributed by atoms with Crippen molar-refractivity contribution >= 4 is 28.3 Å². The summed E-state index contributed by atoms with van der Waals surface area (Å²) in [7, 11) is 0. The number of carbonyl (C=O) groups is 2. The van der Waals surface area contributed by atoms with Crippen molar-refractivity contribution in [3.63, 3.8) is 0 Å². The Labute approximate surface area is 107 Å². The fourth-order valence-corrected chi connectivity index (χ4v) is 3.53. The van der Waals surface area contributed by atoms with Crippen molar-refractivity contribution in [1.29, 1.82) is 0 Å². The van der Waals surface area contributed by atoms with Crippen LogP contribution in [0.3, 0.4) is 0 Å². The van der Waals surface area contributed by atoms with Gasteiger partial charge in [-0.2, -0.15) is 0 Å². The van der Waals surface area contributed by atoms with E-state index in [4.69, 9.17) is 5.11 Å². The zero-order chi connectivity index (χ0) is 12.7. The lowest BCUT2D eigenvalue weighted by Gasteiger charge is -2.08. The minimum atomic E-state index is -0.802. The van der Waals surface area contributed by atoms with Crippen LogP contribution in [-0.2, 0) is 16.0 Å². The van der Waals surface area contributed by atoms with E-state index in [0.717, 1.165) is 16.4 Å². The zero-order valence-corrected chi connectivity index (χ0v) is 10.4. The van der Waals surface area contributed by atoms with Crippen molar-refractivity contribution in [2.45, 2.75) is 31.2 Å². The zero-order valence-electron chi connectivity index (χ0n) is 9.60. The molecule has 3 rings (SSSR count). The quantitative estimate of drug-likeness (QED) is 0.744. The smallest absolute Gasteiger partial charge is 0.312 e. The predicted molar refractivity (Wildman–Crippen MR) is 65.8 cm³/mol. The van der Waals surface area contributed by atoms with E-state index in [2.05, 4.69) is 15.6 Å². The second-order valence-electron chi connectivity index (χ2n) is 4.61. The Hall–Kier alpha value is -1.63. The molecule has 1 aromatic heterocycles. The monoisotopic (exact) mass is 267 g/mol. The highest BCUT2D eigenvalue weighted by molar-refractivity contribution is 7.15. The van der Waals surface area contributed by atoms with Gasteiger partial charge in [-0.05, 0) is 12.8 Å². The second kappa shape index (κ2) is 4.24. The van der Waals surface area contributed by atoms with Gasteiger partial charge >= 0.3 is 5.97 Å². The molecule has 7 heteroatoms. The molecule has 1 aliphatic carbocycles. The first-order valence-electron chi connectivity index (χ1n) is 5.89. The molecule has 1 amide bonds. The van der Waals surface area contributed by atoms with Crippen LogP contribution in [0.2, 0.25) is 0 Å². The molecule has 0 spiro atoms. The van der Waals surface area contributed by atoms with Crippen LogP contribution in [0.15, 0.2) is 0 Å². The van der Waals surface area contributed by atoms with Gasteiger partial charge in [0, 0.05) is 17.8 Å². The summed E-state index contributed by atoms with van der Waals surface area (Å²) in [4.78, 5) is 27.6. The van der Waals surface area contributed by atoms with Crippen molar-refractivity contribution in [1.82, 2.24) is 10.3 Å². The molecule has 0 aromatic carbocycles. The highest BCUT2D eigenvalue weighted by atomic mass is 32.1. The maximum absolute atomic E-state index is 11.1. The van der Waals surface area contributed by atoms with Crippen molar-refractivity contribution in [3.8, 4) is 0 Å². The van der Waals surface area contributed by atoms with E-state index in [1.807, 2.05) is 0 Å². The summed E-state index contributed by atoms with van der Waals surface area (Å²) in [5.74, 6) is -1.22. The van der Waals surface area contributed by atoms with E-state index in [1.165, 1.54) is 11.3 Å². The average Bonchev–Trinajstić information content (AvgIpc) is 2.93. The number of aliphatic carboxylic acids is 1. The lowest BCUT2D eigenvalue weighted by atomic mass is 10.1. The molecule has 3 N–H and O–H groups in total. The van der Waals surface area contributed by atoms with Crippen LogP contribution in [0.1, 0.15) is 29.3 Å². The van der Waals surface area contributed by atoms with Crippen molar-refractivity contribution < 1.29 is 14.7 Å². The molecule has 1 fully saturated rings.